The van der Waals surface area contributed by atoms with E-state index in [4.69, 9.17) is 0 Å². The van der Waals surface area contributed by atoms with Crippen molar-refractivity contribution in [3.8, 4) is 0 Å². The third-order valence-corrected chi connectivity index (χ3v) is 0.692. The van der Waals surface area contributed by atoms with Gasteiger partial charge in [-0.1, -0.05) is 0 Å². The SMILES string of the molecule is O=C([O-])c1ncc[nH]1.[Li+]. The van der Waals surface area contributed by atoms with Crippen LogP contribution in [-0.2, 0) is 0 Å². The summed E-state index contributed by atoms with van der Waals surface area (Å²) in [5.41, 5.74) is 0. The van der Waals surface area contributed by atoms with E-state index < -0.39 is 5.97 Å². The molecular weight excluding hydrogens is 115 g/mol. The Morgan fingerprint density at radius 1 is 1.78 bits per heavy atom. The van der Waals surface area contributed by atoms with E-state index >= 15 is 0 Å². The number of carboxylic acids is 1. The van der Waals surface area contributed by atoms with E-state index in [1.54, 1.807) is 0 Å². The van der Waals surface area contributed by atoms with Gasteiger partial charge in [0.2, 0.25) is 0 Å². The van der Waals surface area contributed by atoms with E-state index in [2.05, 4.69) is 9.97 Å². The second kappa shape index (κ2) is 3.33. The van der Waals surface area contributed by atoms with Gasteiger partial charge in [-0.2, -0.15) is 0 Å². The van der Waals surface area contributed by atoms with Crippen LogP contribution in [0.2, 0.25) is 0 Å². The molecule has 0 fully saturated rings. The molecule has 9 heavy (non-hydrogen) atoms. The Bertz CT molecular complexity index is 184. The number of aromatic carboxylic acids is 1. The van der Waals surface area contributed by atoms with Crippen molar-refractivity contribution in [1.82, 2.24) is 9.97 Å². The first-order valence-electron chi connectivity index (χ1n) is 2.01. The monoisotopic (exact) mass is 118 g/mol. The smallest absolute Gasteiger partial charge is 0.542 e. The number of H-pyrrole nitrogens is 1. The molecule has 0 aliphatic carbocycles. The van der Waals surface area contributed by atoms with Gasteiger partial charge in [0.05, 0.1) is 0 Å². The fourth-order valence-electron chi connectivity index (χ4n) is 0.377. The topological polar surface area (TPSA) is 68.8 Å². The minimum atomic E-state index is -1.28. The van der Waals surface area contributed by atoms with Gasteiger partial charge in [0.25, 0.3) is 0 Å². The predicted molar refractivity (Wildman–Crippen MR) is 22.9 cm³/mol. The summed E-state index contributed by atoms with van der Waals surface area (Å²) >= 11 is 0. The van der Waals surface area contributed by atoms with Crippen LogP contribution in [-0.4, -0.2) is 15.9 Å². The number of carboxylic acid groups (broad SMARTS) is 1. The Morgan fingerprint density at radius 2 is 2.44 bits per heavy atom. The van der Waals surface area contributed by atoms with Gasteiger partial charge in [0.1, 0.15) is 5.97 Å². The number of carbonyl (C=O) groups excluding carboxylic acids is 1. The van der Waals surface area contributed by atoms with Crippen LogP contribution in [0, 0.1) is 0 Å². The van der Waals surface area contributed by atoms with Crippen molar-refractivity contribution < 1.29 is 28.8 Å². The van der Waals surface area contributed by atoms with Crippen molar-refractivity contribution in [2.75, 3.05) is 0 Å². The van der Waals surface area contributed by atoms with Crippen LogP contribution in [0.1, 0.15) is 10.6 Å². The molecule has 0 atom stereocenters. The molecule has 0 bridgehead atoms. The van der Waals surface area contributed by atoms with E-state index in [0.29, 0.717) is 0 Å². The molecule has 0 aliphatic heterocycles. The van der Waals surface area contributed by atoms with Gasteiger partial charge in [0, 0.05) is 12.4 Å². The molecule has 1 aromatic rings. The van der Waals surface area contributed by atoms with Gasteiger partial charge in [-0.15, -0.1) is 0 Å². The molecule has 0 saturated heterocycles. The van der Waals surface area contributed by atoms with Crippen LogP contribution < -0.4 is 24.0 Å². The maximum Gasteiger partial charge on any atom is 1.00 e. The maximum atomic E-state index is 9.86. The van der Waals surface area contributed by atoms with Crippen molar-refractivity contribution in [1.29, 1.82) is 0 Å². The summed E-state index contributed by atoms with van der Waals surface area (Å²) in [4.78, 5) is 15.6. The Kier molecular flexibility index (Phi) is 3.06. The Morgan fingerprint density at radius 3 is 2.67 bits per heavy atom. The van der Waals surface area contributed by atoms with E-state index in [-0.39, 0.29) is 24.7 Å². The van der Waals surface area contributed by atoms with Crippen LogP contribution >= 0.6 is 0 Å². The summed E-state index contributed by atoms with van der Waals surface area (Å²) in [7, 11) is 0. The number of hydrogen-bond acceptors (Lipinski definition) is 3. The zero-order valence-corrected chi connectivity index (χ0v) is 4.92. The number of imidazole rings is 1. The number of hydrogen-bond donors (Lipinski definition) is 1. The summed E-state index contributed by atoms with van der Waals surface area (Å²) < 4.78 is 0. The average molecular weight is 118 g/mol. The first-order valence-corrected chi connectivity index (χ1v) is 2.01. The Hall–Kier alpha value is -0.723. The fourth-order valence-corrected chi connectivity index (χ4v) is 0.377. The van der Waals surface area contributed by atoms with Crippen molar-refractivity contribution in [3.05, 3.63) is 18.2 Å². The zero-order chi connectivity index (χ0) is 5.98. The van der Waals surface area contributed by atoms with Crippen molar-refractivity contribution in [3.63, 3.8) is 0 Å². The Labute approximate surface area is 63.5 Å². The summed E-state index contributed by atoms with van der Waals surface area (Å²) in [6, 6.07) is 0. The van der Waals surface area contributed by atoms with Gasteiger partial charge in [-0.3, -0.25) is 0 Å². The minimum absolute atomic E-state index is 0. The number of rotatable bonds is 1. The van der Waals surface area contributed by atoms with E-state index in [0.717, 1.165) is 0 Å². The molecule has 1 N–H and O–H groups in total. The standard InChI is InChI=1S/C4H4N2O2.Li/c7-4(8)3-5-1-2-6-3;/h1-2H,(H,5,6)(H,7,8);/q;+1/p-1. The first kappa shape index (κ1) is 8.28. The second-order valence-corrected chi connectivity index (χ2v) is 1.23. The number of aromatic amines is 1. The molecule has 0 aliphatic rings. The summed E-state index contributed by atoms with van der Waals surface area (Å²) in [6.07, 6.45) is 2.77. The van der Waals surface area contributed by atoms with Crippen molar-refractivity contribution >= 4 is 5.97 Å². The molecule has 1 heterocycles. The van der Waals surface area contributed by atoms with Gasteiger partial charge in [0.15, 0.2) is 5.82 Å². The van der Waals surface area contributed by atoms with Gasteiger partial charge in [-0.05, 0) is 0 Å². The van der Waals surface area contributed by atoms with Gasteiger partial charge in [-0.25, -0.2) is 4.98 Å². The molecule has 0 aromatic carbocycles. The van der Waals surface area contributed by atoms with Crippen molar-refractivity contribution in [2.45, 2.75) is 0 Å². The molecule has 42 valence electrons. The summed E-state index contributed by atoms with van der Waals surface area (Å²) in [6.45, 7) is 0. The largest absolute Gasteiger partial charge is 1.00 e. The average Bonchev–Trinajstić information content (AvgIpc) is 2.12. The molecule has 0 radical (unpaired) electrons. The van der Waals surface area contributed by atoms with Crippen molar-refractivity contribution in [2.24, 2.45) is 0 Å². The molecule has 0 spiro atoms. The van der Waals surface area contributed by atoms with Gasteiger partial charge < -0.3 is 14.9 Å². The molecule has 1 rings (SSSR count). The third kappa shape index (κ3) is 1.92. The number of aromatic nitrogens is 2. The van der Waals surface area contributed by atoms with Crippen LogP contribution in [0.5, 0.6) is 0 Å². The van der Waals surface area contributed by atoms with E-state index in [1.165, 1.54) is 12.4 Å². The number of nitrogens with zero attached hydrogens (tertiary/aromatic N) is 1. The Balaban J connectivity index is 0.000000640. The molecule has 1 aromatic heterocycles. The fraction of sp³-hybridized carbons (Fsp3) is 0. The minimum Gasteiger partial charge on any atom is -0.542 e. The maximum absolute atomic E-state index is 9.86. The molecule has 0 amide bonds. The summed E-state index contributed by atoms with van der Waals surface area (Å²) in [5, 5.41) is 9.86. The summed E-state index contributed by atoms with van der Waals surface area (Å²) in [5.74, 6) is -1.42. The molecule has 5 heteroatoms. The van der Waals surface area contributed by atoms with E-state index in [1.807, 2.05) is 0 Å². The zero-order valence-electron chi connectivity index (χ0n) is 4.92. The third-order valence-electron chi connectivity index (χ3n) is 0.692. The van der Waals surface area contributed by atoms with E-state index in [9.17, 15) is 9.90 Å². The number of carbonyl (C=O) groups is 1. The van der Waals surface area contributed by atoms with Crippen LogP contribution in [0.4, 0.5) is 0 Å². The molecule has 0 unspecified atom stereocenters. The first-order chi connectivity index (χ1) is 3.80. The number of nitrogens with one attached hydrogen (secondary N) is 1. The normalized spacial score (nSPS) is 8.00. The molecule has 0 saturated carbocycles. The predicted octanol–water partition coefficient (Wildman–Crippen LogP) is -4.22. The van der Waals surface area contributed by atoms with Crippen LogP contribution in [0.3, 0.4) is 0 Å². The second-order valence-electron chi connectivity index (χ2n) is 1.23. The van der Waals surface area contributed by atoms with Gasteiger partial charge >= 0.3 is 18.9 Å². The molecule has 4 nitrogen and oxygen atoms in total. The van der Waals surface area contributed by atoms with Crippen LogP contribution in [0.15, 0.2) is 12.4 Å². The van der Waals surface area contributed by atoms with Crippen LogP contribution in [0.25, 0.3) is 0 Å². The quantitative estimate of drug-likeness (QED) is 0.380. The molecular formula is C4H3LiN2O2.